The number of amides is 2. The summed E-state index contributed by atoms with van der Waals surface area (Å²) in [5.74, 6) is -0.791. The standard InChI is InChI=1S/C26H28N4O5/c1-5-35-24(32)21-14-22-23(31)30(19-10-12-20(34-4)13-11-19)26(3,16-29(22)28-21)25(33)27-15-18-8-6-17(2)7-9-18/h6-14H,5,15-16H2,1-4H3,(H,27,33)/t26-/m1/s1. The highest BCUT2D eigenvalue weighted by Crippen LogP contribution is 2.34. The summed E-state index contributed by atoms with van der Waals surface area (Å²) in [6.45, 7) is 5.93. The Hall–Kier alpha value is -4.14. The van der Waals surface area contributed by atoms with Gasteiger partial charge in [0, 0.05) is 18.3 Å². The van der Waals surface area contributed by atoms with Crippen LogP contribution in [0.4, 0.5) is 5.69 Å². The number of rotatable bonds is 7. The van der Waals surface area contributed by atoms with Crippen LogP contribution in [0.2, 0.25) is 0 Å². The van der Waals surface area contributed by atoms with Gasteiger partial charge in [-0.15, -0.1) is 0 Å². The van der Waals surface area contributed by atoms with Gasteiger partial charge in [0.05, 0.1) is 20.3 Å². The molecule has 1 aromatic heterocycles. The lowest BCUT2D eigenvalue weighted by atomic mass is 9.93. The van der Waals surface area contributed by atoms with Crippen LogP contribution in [0.15, 0.2) is 54.6 Å². The molecular weight excluding hydrogens is 448 g/mol. The molecule has 2 aromatic carbocycles. The largest absolute Gasteiger partial charge is 0.497 e. The summed E-state index contributed by atoms with van der Waals surface area (Å²) in [6.07, 6.45) is 0. The summed E-state index contributed by atoms with van der Waals surface area (Å²) < 4.78 is 11.7. The highest BCUT2D eigenvalue weighted by molar-refractivity contribution is 6.12. The molecule has 1 aliphatic rings. The molecule has 2 amide bonds. The molecule has 0 spiro atoms. The Morgan fingerprint density at radius 3 is 2.43 bits per heavy atom. The fourth-order valence-electron chi connectivity index (χ4n) is 4.10. The van der Waals surface area contributed by atoms with Gasteiger partial charge in [-0.1, -0.05) is 29.8 Å². The minimum Gasteiger partial charge on any atom is -0.497 e. The lowest BCUT2D eigenvalue weighted by Crippen LogP contribution is -2.64. The predicted molar refractivity (Wildman–Crippen MR) is 129 cm³/mol. The quantitative estimate of drug-likeness (QED) is 0.526. The summed E-state index contributed by atoms with van der Waals surface area (Å²) in [4.78, 5) is 41.0. The Kier molecular flexibility index (Phi) is 6.59. The molecule has 0 aliphatic carbocycles. The molecular formula is C26H28N4O5. The van der Waals surface area contributed by atoms with E-state index in [0.29, 0.717) is 18.0 Å². The lowest BCUT2D eigenvalue weighted by molar-refractivity contribution is -0.126. The minimum atomic E-state index is -1.32. The zero-order valence-corrected chi connectivity index (χ0v) is 20.2. The average molecular weight is 477 g/mol. The number of benzene rings is 2. The zero-order chi connectivity index (χ0) is 25.2. The van der Waals surface area contributed by atoms with Crippen LogP contribution in [0.3, 0.4) is 0 Å². The smallest absolute Gasteiger partial charge is 0.358 e. The Labute approximate surface area is 203 Å². The van der Waals surface area contributed by atoms with Crippen molar-refractivity contribution in [1.82, 2.24) is 15.1 Å². The van der Waals surface area contributed by atoms with E-state index in [2.05, 4.69) is 10.4 Å². The molecule has 35 heavy (non-hydrogen) atoms. The Morgan fingerprint density at radius 1 is 1.11 bits per heavy atom. The first kappa shape index (κ1) is 24.0. The van der Waals surface area contributed by atoms with Gasteiger partial charge in [-0.3, -0.25) is 19.2 Å². The first-order chi connectivity index (χ1) is 16.8. The maximum atomic E-state index is 13.7. The summed E-state index contributed by atoms with van der Waals surface area (Å²) in [5.41, 5.74) is 1.49. The average Bonchev–Trinajstić information content (AvgIpc) is 3.28. The molecule has 2 heterocycles. The van der Waals surface area contributed by atoms with Crippen molar-refractivity contribution in [3.8, 4) is 5.75 Å². The topological polar surface area (TPSA) is 103 Å². The maximum Gasteiger partial charge on any atom is 0.358 e. The summed E-state index contributed by atoms with van der Waals surface area (Å²) >= 11 is 0. The summed E-state index contributed by atoms with van der Waals surface area (Å²) in [7, 11) is 1.55. The van der Waals surface area contributed by atoms with E-state index in [4.69, 9.17) is 9.47 Å². The van der Waals surface area contributed by atoms with Crippen molar-refractivity contribution in [2.45, 2.75) is 39.4 Å². The predicted octanol–water partition coefficient (Wildman–Crippen LogP) is 3.11. The van der Waals surface area contributed by atoms with Gasteiger partial charge in [0.2, 0.25) is 5.91 Å². The third-order valence-electron chi connectivity index (χ3n) is 6.03. The van der Waals surface area contributed by atoms with Crippen LogP contribution in [0.1, 0.15) is 46.0 Å². The molecule has 1 aliphatic heterocycles. The third kappa shape index (κ3) is 4.62. The van der Waals surface area contributed by atoms with Crippen molar-refractivity contribution in [2.24, 2.45) is 0 Å². The molecule has 0 saturated heterocycles. The third-order valence-corrected chi connectivity index (χ3v) is 6.03. The second-order valence-corrected chi connectivity index (χ2v) is 8.57. The number of hydrogen-bond acceptors (Lipinski definition) is 6. The van der Waals surface area contributed by atoms with E-state index in [9.17, 15) is 14.4 Å². The van der Waals surface area contributed by atoms with Crippen molar-refractivity contribution in [3.63, 3.8) is 0 Å². The van der Waals surface area contributed by atoms with Gasteiger partial charge in [0.15, 0.2) is 5.69 Å². The van der Waals surface area contributed by atoms with Gasteiger partial charge in [0.1, 0.15) is 17.0 Å². The molecule has 0 saturated carbocycles. The summed E-state index contributed by atoms with van der Waals surface area (Å²) in [5, 5.41) is 7.24. The second-order valence-electron chi connectivity index (χ2n) is 8.57. The Morgan fingerprint density at radius 2 is 1.80 bits per heavy atom. The SMILES string of the molecule is CCOC(=O)c1cc2n(n1)C[C@](C)(C(=O)NCc1ccc(C)cc1)N(c1ccc(OC)cc1)C2=O. The van der Waals surface area contributed by atoms with Crippen LogP contribution < -0.4 is 15.0 Å². The minimum absolute atomic E-state index is 0.0224. The normalized spacial score (nSPS) is 17.0. The summed E-state index contributed by atoms with van der Waals surface area (Å²) in [6, 6.07) is 16.1. The molecule has 0 bridgehead atoms. The van der Waals surface area contributed by atoms with Crippen LogP contribution in [0, 0.1) is 6.92 Å². The van der Waals surface area contributed by atoms with Crippen LogP contribution in [-0.2, 0) is 22.6 Å². The number of anilines is 1. The van der Waals surface area contributed by atoms with Gasteiger partial charge in [-0.25, -0.2) is 4.79 Å². The molecule has 0 unspecified atom stereocenters. The fourth-order valence-corrected chi connectivity index (χ4v) is 4.10. The lowest BCUT2D eigenvalue weighted by Gasteiger charge is -2.43. The molecule has 0 fully saturated rings. The van der Waals surface area contributed by atoms with Crippen LogP contribution in [0.5, 0.6) is 5.75 Å². The number of carbonyl (C=O) groups excluding carboxylic acids is 3. The fraction of sp³-hybridized carbons (Fsp3) is 0.308. The number of nitrogens with one attached hydrogen (secondary N) is 1. The number of nitrogens with zero attached hydrogens (tertiary/aromatic N) is 3. The monoisotopic (exact) mass is 476 g/mol. The number of fused-ring (bicyclic) bond motifs is 1. The van der Waals surface area contributed by atoms with Crippen molar-refractivity contribution < 1.29 is 23.9 Å². The van der Waals surface area contributed by atoms with E-state index < -0.39 is 17.4 Å². The number of ether oxygens (including phenoxy) is 2. The van der Waals surface area contributed by atoms with Crippen molar-refractivity contribution in [2.75, 3.05) is 18.6 Å². The van der Waals surface area contributed by atoms with Gasteiger partial charge >= 0.3 is 5.97 Å². The van der Waals surface area contributed by atoms with Gasteiger partial charge in [0.25, 0.3) is 5.91 Å². The van der Waals surface area contributed by atoms with E-state index in [-0.39, 0.29) is 30.4 Å². The van der Waals surface area contributed by atoms with E-state index in [1.165, 1.54) is 15.6 Å². The molecule has 3 aromatic rings. The number of esters is 1. The van der Waals surface area contributed by atoms with Crippen LogP contribution in [-0.4, -0.2) is 46.8 Å². The first-order valence-electron chi connectivity index (χ1n) is 11.3. The van der Waals surface area contributed by atoms with Gasteiger partial charge in [-0.05, 0) is 50.6 Å². The molecule has 1 N–H and O–H groups in total. The highest BCUT2D eigenvalue weighted by Gasteiger charge is 2.49. The van der Waals surface area contributed by atoms with Gasteiger partial charge in [-0.2, -0.15) is 5.10 Å². The van der Waals surface area contributed by atoms with Crippen molar-refractivity contribution >= 4 is 23.5 Å². The molecule has 9 nitrogen and oxygen atoms in total. The molecule has 4 rings (SSSR count). The van der Waals surface area contributed by atoms with Crippen LogP contribution in [0.25, 0.3) is 0 Å². The number of carbonyl (C=O) groups is 3. The second kappa shape index (κ2) is 9.61. The Bertz CT molecular complexity index is 1250. The number of methoxy groups -OCH3 is 1. The molecule has 0 radical (unpaired) electrons. The number of aromatic nitrogens is 2. The Balaban J connectivity index is 1.71. The molecule has 9 heteroatoms. The van der Waals surface area contributed by atoms with Crippen molar-refractivity contribution in [3.05, 3.63) is 77.1 Å². The van der Waals surface area contributed by atoms with E-state index in [1.807, 2.05) is 31.2 Å². The van der Waals surface area contributed by atoms with Crippen LogP contribution >= 0.6 is 0 Å². The zero-order valence-electron chi connectivity index (χ0n) is 20.2. The first-order valence-corrected chi connectivity index (χ1v) is 11.3. The van der Waals surface area contributed by atoms with Gasteiger partial charge < -0.3 is 14.8 Å². The van der Waals surface area contributed by atoms with E-state index in [0.717, 1.165) is 11.1 Å². The highest BCUT2D eigenvalue weighted by atomic mass is 16.5. The molecule has 1 atom stereocenters. The van der Waals surface area contributed by atoms with E-state index in [1.54, 1.807) is 45.2 Å². The maximum absolute atomic E-state index is 13.7. The number of aryl methyl sites for hydroxylation is 1. The molecule has 182 valence electrons. The van der Waals surface area contributed by atoms with Crippen molar-refractivity contribution in [1.29, 1.82) is 0 Å². The number of hydrogen-bond donors (Lipinski definition) is 1. The van der Waals surface area contributed by atoms with E-state index >= 15 is 0 Å².